The van der Waals surface area contributed by atoms with E-state index < -0.39 is 0 Å². The predicted molar refractivity (Wildman–Crippen MR) is 76.6 cm³/mol. The van der Waals surface area contributed by atoms with Crippen LogP contribution >= 0.6 is 12.4 Å². The van der Waals surface area contributed by atoms with Crippen LogP contribution in [0.25, 0.3) is 0 Å². The van der Waals surface area contributed by atoms with Crippen LogP contribution < -0.4 is 16.2 Å². The second-order valence-electron chi connectivity index (χ2n) is 4.32. The van der Waals surface area contributed by atoms with Gasteiger partial charge >= 0.3 is 0 Å². The topological polar surface area (TPSA) is 53.2 Å². The lowest BCUT2D eigenvalue weighted by Gasteiger charge is -2.08. The zero-order valence-corrected chi connectivity index (χ0v) is 11.9. The zero-order chi connectivity index (χ0) is 12.7. The zero-order valence-electron chi connectivity index (χ0n) is 11.1. The van der Waals surface area contributed by atoms with Crippen LogP contribution in [0.4, 0.5) is 0 Å². The molecular formula is C13H22ClN3O. The Labute approximate surface area is 115 Å². The molecule has 0 aliphatic carbocycles. The van der Waals surface area contributed by atoms with Crippen molar-refractivity contribution >= 4 is 18.3 Å². The fourth-order valence-corrected chi connectivity index (χ4v) is 1.52. The van der Waals surface area contributed by atoms with E-state index in [1.165, 1.54) is 5.56 Å². The summed E-state index contributed by atoms with van der Waals surface area (Å²) in [5, 5.41) is 2.88. The van der Waals surface area contributed by atoms with Gasteiger partial charge in [0.15, 0.2) is 0 Å². The molecule has 1 amide bonds. The van der Waals surface area contributed by atoms with E-state index in [9.17, 15) is 4.79 Å². The normalized spacial score (nSPS) is 10.0. The quantitative estimate of drug-likeness (QED) is 0.686. The summed E-state index contributed by atoms with van der Waals surface area (Å²) in [4.78, 5) is 11.5. The standard InChI is InChI=1S/C13H21N3O.ClH/c1-10(2)16-13(17)8-11-4-6-12(7-5-11)9-15-14-3;/h4-7,10,14-15H,8-9H2,1-3H3,(H,16,17);1H. The molecule has 0 unspecified atom stereocenters. The van der Waals surface area contributed by atoms with Crippen molar-refractivity contribution in [3.05, 3.63) is 35.4 Å². The molecule has 1 aromatic carbocycles. The average Bonchev–Trinajstić information content (AvgIpc) is 2.27. The van der Waals surface area contributed by atoms with Crippen LogP contribution in [0.5, 0.6) is 0 Å². The van der Waals surface area contributed by atoms with Crippen molar-refractivity contribution in [3.63, 3.8) is 0 Å². The second-order valence-corrected chi connectivity index (χ2v) is 4.32. The molecule has 102 valence electrons. The number of hydrogen-bond donors (Lipinski definition) is 3. The Morgan fingerprint density at radius 2 is 1.72 bits per heavy atom. The Balaban J connectivity index is 0.00000289. The molecule has 5 heteroatoms. The first-order chi connectivity index (χ1) is 8.11. The first-order valence-electron chi connectivity index (χ1n) is 5.88. The number of carbonyl (C=O) groups is 1. The van der Waals surface area contributed by atoms with Gasteiger partial charge in [0.2, 0.25) is 5.91 Å². The van der Waals surface area contributed by atoms with Crippen molar-refractivity contribution in [1.82, 2.24) is 16.2 Å². The van der Waals surface area contributed by atoms with Crippen molar-refractivity contribution in [2.45, 2.75) is 32.9 Å². The maximum absolute atomic E-state index is 11.5. The van der Waals surface area contributed by atoms with Gasteiger partial charge in [0.25, 0.3) is 0 Å². The Hall–Kier alpha value is -1.10. The van der Waals surface area contributed by atoms with E-state index in [-0.39, 0.29) is 24.4 Å². The fraction of sp³-hybridized carbons (Fsp3) is 0.462. The first-order valence-corrected chi connectivity index (χ1v) is 5.88. The van der Waals surface area contributed by atoms with Gasteiger partial charge in [0.05, 0.1) is 6.42 Å². The number of hydrogen-bond acceptors (Lipinski definition) is 3. The number of nitrogens with one attached hydrogen (secondary N) is 3. The second kappa shape index (κ2) is 8.91. The van der Waals surface area contributed by atoms with Gasteiger partial charge in [-0.3, -0.25) is 15.6 Å². The van der Waals surface area contributed by atoms with Gasteiger partial charge in [-0.25, -0.2) is 0 Å². The summed E-state index contributed by atoms with van der Waals surface area (Å²) in [6, 6.07) is 8.24. The molecule has 0 saturated carbocycles. The maximum atomic E-state index is 11.5. The molecule has 0 heterocycles. The predicted octanol–water partition coefficient (Wildman–Crippen LogP) is 1.40. The van der Waals surface area contributed by atoms with E-state index in [0.717, 1.165) is 12.1 Å². The molecule has 0 atom stereocenters. The SMILES string of the molecule is CNNCc1ccc(CC(=O)NC(C)C)cc1.Cl. The van der Waals surface area contributed by atoms with Crippen molar-refractivity contribution in [2.24, 2.45) is 0 Å². The number of amides is 1. The van der Waals surface area contributed by atoms with Gasteiger partial charge in [-0.1, -0.05) is 24.3 Å². The van der Waals surface area contributed by atoms with Gasteiger partial charge in [-0.05, 0) is 32.0 Å². The lowest BCUT2D eigenvalue weighted by molar-refractivity contribution is -0.120. The number of halogens is 1. The Morgan fingerprint density at radius 3 is 2.22 bits per heavy atom. The Bertz CT molecular complexity index is 352. The number of rotatable bonds is 6. The van der Waals surface area contributed by atoms with E-state index in [1.807, 2.05) is 45.2 Å². The third-order valence-corrected chi connectivity index (χ3v) is 2.31. The molecule has 3 N–H and O–H groups in total. The van der Waals surface area contributed by atoms with Crippen LogP contribution in [-0.4, -0.2) is 19.0 Å². The van der Waals surface area contributed by atoms with Crippen LogP contribution in [0.1, 0.15) is 25.0 Å². The fourth-order valence-electron chi connectivity index (χ4n) is 1.52. The third-order valence-electron chi connectivity index (χ3n) is 2.31. The molecular weight excluding hydrogens is 250 g/mol. The Kier molecular flexibility index (Phi) is 8.37. The van der Waals surface area contributed by atoms with E-state index >= 15 is 0 Å². The average molecular weight is 272 g/mol. The minimum Gasteiger partial charge on any atom is -0.354 e. The highest BCUT2D eigenvalue weighted by molar-refractivity contribution is 5.85. The molecule has 0 aliphatic heterocycles. The van der Waals surface area contributed by atoms with Crippen LogP contribution in [-0.2, 0) is 17.8 Å². The van der Waals surface area contributed by atoms with Gasteiger partial charge in [0, 0.05) is 12.6 Å². The maximum Gasteiger partial charge on any atom is 0.224 e. The number of hydrazine groups is 1. The largest absolute Gasteiger partial charge is 0.354 e. The van der Waals surface area contributed by atoms with Crippen LogP contribution in [0.15, 0.2) is 24.3 Å². The van der Waals surface area contributed by atoms with E-state index in [1.54, 1.807) is 0 Å². The summed E-state index contributed by atoms with van der Waals surface area (Å²) < 4.78 is 0. The summed E-state index contributed by atoms with van der Waals surface area (Å²) in [7, 11) is 1.84. The molecule has 0 saturated heterocycles. The molecule has 0 fully saturated rings. The van der Waals surface area contributed by atoms with Gasteiger partial charge in [-0.15, -0.1) is 12.4 Å². The highest BCUT2D eigenvalue weighted by Gasteiger charge is 2.04. The lowest BCUT2D eigenvalue weighted by atomic mass is 10.1. The summed E-state index contributed by atoms with van der Waals surface area (Å²) in [5.74, 6) is 0.0705. The molecule has 0 aliphatic rings. The highest BCUT2D eigenvalue weighted by Crippen LogP contribution is 2.05. The molecule has 1 rings (SSSR count). The van der Waals surface area contributed by atoms with E-state index in [4.69, 9.17) is 0 Å². The van der Waals surface area contributed by atoms with Gasteiger partial charge < -0.3 is 5.32 Å². The molecule has 4 nitrogen and oxygen atoms in total. The summed E-state index contributed by atoms with van der Waals surface area (Å²) in [6.07, 6.45) is 0.442. The van der Waals surface area contributed by atoms with Crippen LogP contribution in [0.2, 0.25) is 0 Å². The number of benzene rings is 1. The third kappa shape index (κ3) is 6.59. The monoisotopic (exact) mass is 271 g/mol. The molecule has 18 heavy (non-hydrogen) atoms. The first kappa shape index (κ1) is 16.9. The molecule has 1 aromatic rings. The highest BCUT2D eigenvalue weighted by atomic mass is 35.5. The molecule has 0 spiro atoms. The minimum absolute atomic E-state index is 0. The minimum atomic E-state index is 0. The smallest absolute Gasteiger partial charge is 0.224 e. The van der Waals surface area contributed by atoms with E-state index in [0.29, 0.717) is 6.42 Å². The van der Waals surface area contributed by atoms with Crippen molar-refractivity contribution < 1.29 is 4.79 Å². The summed E-state index contributed by atoms with van der Waals surface area (Å²) >= 11 is 0. The summed E-state index contributed by atoms with van der Waals surface area (Å²) in [6.45, 7) is 4.70. The van der Waals surface area contributed by atoms with Gasteiger partial charge in [0.1, 0.15) is 0 Å². The van der Waals surface area contributed by atoms with Crippen LogP contribution in [0, 0.1) is 0 Å². The summed E-state index contributed by atoms with van der Waals surface area (Å²) in [5.41, 5.74) is 8.12. The molecule has 0 aromatic heterocycles. The Morgan fingerprint density at radius 1 is 1.17 bits per heavy atom. The van der Waals surface area contributed by atoms with Crippen LogP contribution in [0.3, 0.4) is 0 Å². The molecule has 0 bridgehead atoms. The van der Waals surface area contributed by atoms with Crippen molar-refractivity contribution in [2.75, 3.05) is 7.05 Å². The number of carbonyl (C=O) groups excluding carboxylic acids is 1. The van der Waals surface area contributed by atoms with Gasteiger partial charge in [-0.2, -0.15) is 0 Å². The van der Waals surface area contributed by atoms with Crippen molar-refractivity contribution in [1.29, 1.82) is 0 Å². The molecule has 0 radical (unpaired) electrons. The lowest BCUT2D eigenvalue weighted by Crippen LogP contribution is -2.31. The van der Waals surface area contributed by atoms with E-state index in [2.05, 4.69) is 16.2 Å². The van der Waals surface area contributed by atoms with Crippen molar-refractivity contribution in [3.8, 4) is 0 Å².